The average Bonchev–Trinajstić information content (AvgIpc) is 2.85. The first-order chi connectivity index (χ1) is 11.8. The Balaban J connectivity index is 1.79. The zero-order chi connectivity index (χ0) is 18.0. The van der Waals surface area contributed by atoms with E-state index in [-0.39, 0.29) is 5.41 Å². The van der Waals surface area contributed by atoms with E-state index in [0.29, 0.717) is 5.41 Å². The van der Waals surface area contributed by atoms with Gasteiger partial charge in [-0.05, 0) is 74.7 Å². The fourth-order valence-corrected chi connectivity index (χ4v) is 6.86. The number of rotatable bonds is 1. The van der Waals surface area contributed by atoms with Gasteiger partial charge in [-0.1, -0.05) is 73.9 Å². The van der Waals surface area contributed by atoms with Crippen LogP contribution in [0.3, 0.4) is 0 Å². The van der Waals surface area contributed by atoms with Gasteiger partial charge in [0.1, 0.15) is 0 Å². The van der Waals surface area contributed by atoms with Crippen LogP contribution in [0.2, 0.25) is 0 Å². The summed E-state index contributed by atoms with van der Waals surface area (Å²) in [5.74, 6) is 2.35. The molecule has 0 aliphatic heterocycles. The van der Waals surface area contributed by atoms with Crippen molar-refractivity contribution in [3.05, 3.63) is 58.7 Å². The lowest BCUT2D eigenvalue weighted by Gasteiger charge is -2.52. The summed E-state index contributed by atoms with van der Waals surface area (Å²) in [4.78, 5) is 0. The largest absolute Gasteiger partial charge is 0.0918 e. The van der Waals surface area contributed by atoms with Crippen molar-refractivity contribution in [2.45, 2.75) is 66.7 Å². The van der Waals surface area contributed by atoms with Gasteiger partial charge < -0.3 is 0 Å². The van der Waals surface area contributed by atoms with E-state index in [1.807, 2.05) is 0 Å². The van der Waals surface area contributed by atoms with Crippen molar-refractivity contribution in [1.82, 2.24) is 0 Å². The van der Waals surface area contributed by atoms with E-state index >= 15 is 0 Å². The molecule has 0 amide bonds. The Hall–Kier alpha value is -1.30. The Bertz CT molecular complexity index is 740. The Kier molecular flexibility index (Phi) is 3.84. The second-order valence-corrected chi connectivity index (χ2v) is 9.50. The topological polar surface area (TPSA) is 0 Å². The van der Waals surface area contributed by atoms with Crippen LogP contribution in [-0.4, -0.2) is 0 Å². The smallest absolute Gasteiger partial charge is 0.0281 e. The van der Waals surface area contributed by atoms with Gasteiger partial charge in [0.05, 0.1) is 0 Å². The molecule has 0 bridgehead atoms. The van der Waals surface area contributed by atoms with Gasteiger partial charge in [0.2, 0.25) is 0 Å². The Morgan fingerprint density at radius 2 is 2.08 bits per heavy atom. The second kappa shape index (κ2) is 5.60. The summed E-state index contributed by atoms with van der Waals surface area (Å²) in [5, 5.41) is 0. The lowest BCUT2D eigenvalue weighted by molar-refractivity contribution is 0.156. The molecule has 2 saturated carbocycles. The van der Waals surface area contributed by atoms with Gasteiger partial charge in [-0.15, -0.1) is 0 Å². The van der Waals surface area contributed by atoms with Gasteiger partial charge in [0, 0.05) is 5.41 Å². The van der Waals surface area contributed by atoms with Crippen molar-refractivity contribution in [3.8, 4) is 0 Å². The van der Waals surface area contributed by atoms with Crippen LogP contribution in [0.25, 0.3) is 0 Å². The molecule has 2 fully saturated rings. The molecule has 4 aliphatic carbocycles. The molecule has 0 heteroatoms. The first-order valence-electron chi connectivity index (χ1n) is 10.3. The first-order valence-corrected chi connectivity index (χ1v) is 10.3. The van der Waals surface area contributed by atoms with E-state index in [2.05, 4.69) is 65.5 Å². The maximum Gasteiger partial charge on any atom is 0.0281 e. The van der Waals surface area contributed by atoms with E-state index in [1.165, 1.54) is 37.7 Å². The van der Waals surface area contributed by atoms with Crippen molar-refractivity contribution >= 4 is 0 Å². The molecule has 0 nitrogen and oxygen atoms in total. The summed E-state index contributed by atoms with van der Waals surface area (Å²) in [6, 6.07) is 0. The van der Waals surface area contributed by atoms with E-state index in [1.54, 1.807) is 22.3 Å². The predicted octanol–water partition coefficient (Wildman–Crippen LogP) is 7.17. The van der Waals surface area contributed by atoms with Gasteiger partial charge in [-0.25, -0.2) is 0 Å². The minimum atomic E-state index is 0.154. The van der Waals surface area contributed by atoms with Crippen molar-refractivity contribution in [2.24, 2.45) is 28.6 Å². The van der Waals surface area contributed by atoms with E-state index in [0.717, 1.165) is 17.8 Å². The second-order valence-electron chi connectivity index (χ2n) is 9.50. The van der Waals surface area contributed by atoms with Crippen molar-refractivity contribution in [3.63, 3.8) is 0 Å². The minimum Gasteiger partial charge on any atom is -0.0918 e. The number of hydrogen-bond acceptors (Lipinski definition) is 0. The van der Waals surface area contributed by atoms with E-state index < -0.39 is 0 Å². The average molecular weight is 335 g/mol. The van der Waals surface area contributed by atoms with Crippen molar-refractivity contribution < 1.29 is 0 Å². The maximum absolute atomic E-state index is 4.16. The Labute approximate surface area is 154 Å². The number of hydrogen-bond donors (Lipinski definition) is 0. The quantitative estimate of drug-likeness (QED) is 0.446. The fraction of sp³-hybridized carbons (Fsp3) is 0.600. The Morgan fingerprint density at radius 1 is 1.32 bits per heavy atom. The molecule has 0 radical (unpaired) electrons. The fourth-order valence-electron chi connectivity index (χ4n) is 6.86. The lowest BCUT2D eigenvalue weighted by atomic mass is 9.52. The third kappa shape index (κ3) is 2.25. The van der Waals surface area contributed by atoms with Crippen LogP contribution in [0.1, 0.15) is 66.7 Å². The zero-order valence-electron chi connectivity index (χ0n) is 16.8. The third-order valence-electron chi connectivity index (χ3n) is 8.14. The van der Waals surface area contributed by atoms with E-state index in [4.69, 9.17) is 0 Å². The molecule has 25 heavy (non-hydrogen) atoms. The standard InChI is InChI=1S/C25H34/c1-7-17(3)23-18(4)15-22-20-9-8-19-14-16(2)10-12-24(19,5)21(20)11-13-25(22,23)6/h10-12,14,18,20,22H,2,7-9,13,15H2,1,3-6H3/b23-17+/t18-,20?,22?,24?,25?/m1/s1. The molecule has 0 N–H and O–H groups in total. The summed E-state index contributed by atoms with van der Waals surface area (Å²) < 4.78 is 0. The highest BCUT2D eigenvalue weighted by Gasteiger charge is 2.55. The van der Waals surface area contributed by atoms with Gasteiger partial charge in [0.25, 0.3) is 0 Å². The highest BCUT2D eigenvalue weighted by atomic mass is 14.6. The van der Waals surface area contributed by atoms with Crippen LogP contribution in [0, 0.1) is 28.6 Å². The molecule has 0 aromatic heterocycles. The molecule has 4 rings (SSSR count). The molecule has 4 unspecified atom stereocenters. The summed E-state index contributed by atoms with van der Waals surface area (Å²) >= 11 is 0. The molecule has 134 valence electrons. The van der Waals surface area contributed by atoms with Gasteiger partial charge in [0.15, 0.2) is 0 Å². The van der Waals surface area contributed by atoms with Crippen molar-refractivity contribution in [2.75, 3.05) is 0 Å². The van der Waals surface area contributed by atoms with Gasteiger partial charge in [-0.2, -0.15) is 0 Å². The molecule has 5 atom stereocenters. The summed E-state index contributed by atoms with van der Waals surface area (Å²) in [5.41, 5.74) is 8.50. The highest BCUT2D eigenvalue weighted by Crippen LogP contribution is 2.65. The first kappa shape index (κ1) is 17.1. The number of allylic oxidation sites excluding steroid dienone is 9. The summed E-state index contributed by atoms with van der Waals surface area (Å²) in [6.45, 7) is 16.4. The molecule has 0 aromatic carbocycles. The van der Waals surface area contributed by atoms with Crippen LogP contribution in [0.5, 0.6) is 0 Å². The highest BCUT2D eigenvalue weighted by molar-refractivity contribution is 5.51. The predicted molar refractivity (Wildman–Crippen MR) is 108 cm³/mol. The van der Waals surface area contributed by atoms with Crippen molar-refractivity contribution in [1.29, 1.82) is 0 Å². The zero-order valence-corrected chi connectivity index (χ0v) is 16.8. The minimum absolute atomic E-state index is 0.154. The Morgan fingerprint density at radius 3 is 2.80 bits per heavy atom. The van der Waals surface area contributed by atoms with Gasteiger partial charge in [-0.3, -0.25) is 0 Å². The van der Waals surface area contributed by atoms with Crippen LogP contribution >= 0.6 is 0 Å². The molecular formula is C25H34. The molecular weight excluding hydrogens is 300 g/mol. The van der Waals surface area contributed by atoms with Crippen LogP contribution in [0.15, 0.2) is 58.7 Å². The maximum atomic E-state index is 4.16. The van der Waals surface area contributed by atoms with Crippen LogP contribution < -0.4 is 0 Å². The molecule has 0 spiro atoms. The van der Waals surface area contributed by atoms with Crippen LogP contribution in [-0.2, 0) is 0 Å². The van der Waals surface area contributed by atoms with Crippen LogP contribution in [0.4, 0.5) is 0 Å². The number of fused-ring (bicyclic) bond motifs is 5. The SMILES string of the molecule is C=C1C=CC2(C)C(=C1)CCC1C2=CCC2(C)/C(=C(\C)CC)[C@H](C)CC12. The molecule has 0 aromatic rings. The van der Waals surface area contributed by atoms with E-state index in [9.17, 15) is 0 Å². The molecule has 4 aliphatic rings. The van der Waals surface area contributed by atoms with Gasteiger partial charge >= 0.3 is 0 Å². The normalized spacial score (nSPS) is 44.5. The molecule has 0 heterocycles. The molecule has 0 saturated heterocycles. The summed E-state index contributed by atoms with van der Waals surface area (Å²) in [6.07, 6.45) is 16.1. The lowest BCUT2D eigenvalue weighted by Crippen LogP contribution is -2.42. The third-order valence-corrected chi connectivity index (χ3v) is 8.14. The monoisotopic (exact) mass is 334 g/mol. The summed E-state index contributed by atoms with van der Waals surface area (Å²) in [7, 11) is 0.